The number of hydrogen-bond donors (Lipinski definition) is 1. The van der Waals surface area contributed by atoms with Crippen molar-refractivity contribution in [3.63, 3.8) is 0 Å². The van der Waals surface area contributed by atoms with Crippen molar-refractivity contribution in [1.29, 1.82) is 5.26 Å². The lowest BCUT2D eigenvalue weighted by Gasteiger charge is -2.06. The summed E-state index contributed by atoms with van der Waals surface area (Å²) in [6, 6.07) is 9.53. The zero-order chi connectivity index (χ0) is 11.5. The van der Waals surface area contributed by atoms with E-state index < -0.39 is 0 Å². The van der Waals surface area contributed by atoms with E-state index in [-0.39, 0.29) is 0 Å². The molecule has 16 heavy (non-hydrogen) atoms. The second-order valence-electron chi connectivity index (χ2n) is 3.69. The third-order valence-corrected chi connectivity index (χ3v) is 2.47. The summed E-state index contributed by atoms with van der Waals surface area (Å²) in [5.41, 5.74) is 8.45. The van der Waals surface area contributed by atoms with Gasteiger partial charge in [-0.3, -0.25) is 4.68 Å². The van der Waals surface area contributed by atoms with Gasteiger partial charge >= 0.3 is 0 Å². The molecule has 2 rings (SSSR count). The maximum atomic E-state index is 8.76. The van der Waals surface area contributed by atoms with Crippen molar-refractivity contribution in [3.8, 4) is 6.07 Å². The Balaban J connectivity index is 2.26. The molecule has 0 amide bonds. The van der Waals surface area contributed by atoms with E-state index >= 15 is 0 Å². The van der Waals surface area contributed by atoms with E-state index in [1.54, 1.807) is 10.7 Å². The van der Waals surface area contributed by atoms with Crippen LogP contribution in [-0.4, -0.2) is 9.78 Å². The number of nitrogens with zero attached hydrogens (tertiary/aromatic N) is 3. The zero-order valence-electron chi connectivity index (χ0n) is 9.01. The third-order valence-electron chi connectivity index (χ3n) is 2.47. The molecule has 0 unspecified atom stereocenters. The van der Waals surface area contributed by atoms with Crippen LogP contribution in [0.5, 0.6) is 0 Å². The molecule has 0 aliphatic heterocycles. The SMILES string of the molecule is Cc1cc(C#N)ccc1Cn1ccc(N)n1. The Labute approximate surface area is 93.9 Å². The number of aryl methyl sites for hydroxylation is 1. The summed E-state index contributed by atoms with van der Waals surface area (Å²) in [6.45, 7) is 2.66. The van der Waals surface area contributed by atoms with Crippen LogP contribution in [-0.2, 0) is 6.54 Å². The number of anilines is 1. The van der Waals surface area contributed by atoms with Crippen LogP contribution in [0, 0.1) is 18.3 Å². The fourth-order valence-electron chi connectivity index (χ4n) is 1.58. The molecule has 0 saturated heterocycles. The molecule has 0 aliphatic rings. The van der Waals surface area contributed by atoms with Crippen LogP contribution in [0.3, 0.4) is 0 Å². The standard InChI is InChI=1S/C12H12N4/c1-9-6-10(7-13)2-3-11(9)8-16-5-4-12(14)15-16/h2-6H,8H2,1H3,(H2,14,15). The highest BCUT2D eigenvalue weighted by molar-refractivity contribution is 5.37. The van der Waals surface area contributed by atoms with Crippen LogP contribution in [0.25, 0.3) is 0 Å². The third kappa shape index (κ3) is 2.04. The van der Waals surface area contributed by atoms with Crippen molar-refractivity contribution in [2.45, 2.75) is 13.5 Å². The molecule has 0 spiro atoms. The van der Waals surface area contributed by atoms with Crippen LogP contribution >= 0.6 is 0 Å². The zero-order valence-corrected chi connectivity index (χ0v) is 9.01. The van der Waals surface area contributed by atoms with Crippen molar-refractivity contribution in [2.24, 2.45) is 0 Å². The number of nitriles is 1. The minimum Gasteiger partial charge on any atom is -0.382 e. The first-order chi connectivity index (χ1) is 7.69. The Morgan fingerprint density at radius 3 is 2.81 bits per heavy atom. The van der Waals surface area contributed by atoms with Crippen LogP contribution in [0.1, 0.15) is 16.7 Å². The summed E-state index contributed by atoms with van der Waals surface area (Å²) in [6.07, 6.45) is 1.84. The molecule has 0 bridgehead atoms. The van der Waals surface area contributed by atoms with E-state index in [9.17, 15) is 0 Å². The molecule has 0 aliphatic carbocycles. The van der Waals surface area contributed by atoms with Gasteiger partial charge in [-0.05, 0) is 36.2 Å². The van der Waals surface area contributed by atoms with Crippen molar-refractivity contribution in [2.75, 3.05) is 5.73 Å². The molecule has 0 fully saturated rings. The van der Waals surface area contributed by atoms with Gasteiger partial charge in [0.25, 0.3) is 0 Å². The molecule has 1 aromatic carbocycles. The highest BCUT2D eigenvalue weighted by Gasteiger charge is 2.02. The van der Waals surface area contributed by atoms with E-state index in [1.165, 1.54) is 0 Å². The predicted molar refractivity (Wildman–Crippen MR) is 61.6 cm³/mol. The molecule has 2 aromatic rings. The minimum atomic E-state index is 0.520. The number of benzene rings is 1. The fraction of sp³-hybridized carbons (Fsp3) is 0.167. The van der Waals surface area contributed by atoms with Gasteiger partial charge in [-0.25, -0.2) is 0 Å². The lowest BCUT2D eigenvalue weighted by Crippen LogP contribution is -2.03. The van der Waals surface area contributed by atoms with Gasteiger partial charge in [0, 0.05) is 6.20 Å². The number of nitrogen functional groups attached to an aromatic ring is 1. The number of nitrogens with two attached hydrogens (primary N) is 1. The van der Waals surface area contributed by atoms with Gasteiger partial charge in [0.15, 0.2) is 0 Å². The first-order valence-electron chi connectivity index (χ1n) is 4.97. The Bertz CT molecular complexity index is 548. The smallest absolute Gasteiger partial charge is 0.145 e. The van der Waals surface area contributed by atoms with Crippen molar-refractivity contribution in [1.82, 2.24) is 9.78 Å². The van der Waals surface area contributed by atoms with Gasteiger partial charge in [-0.15, -0.1) is 0 Å². The van der Waals surface area contributed by atoms with Gasteiger partial charge in [0.05, 0.1) is 18.2 Å². The van der Waals surface area contributed by atoms with Gasteiger partial charge < -0.3 is 5.73 Å². The van der Waals surface area contributed by atoms with Gasteiger partial charge in [-0.1, -0.05) is 6.07 Å². The summed E-state index contributed by atoms with van der Waals surface area (Å²) in [7, 11) is 0. The van der Waals surface area contributed by atoms with Crippen molar-refractivity contribution >= 4 is 5.82 Å². The molecule has 4 nitrogen and oxygen atoms in total. The van der Waals surface area contributed by atoms with Crippen LogP contribution in [0.2, 0.25) is 0 Å². The summed E-state index contributed by atoms with van der Waals surface area (Å²) < 4.78 is 1.78. The Hall–Kier alpha value is -2.28. The van der Waals surface area contributed by atoms with Crippen LogP contribution in [0.4, 0.5) is 5.82 Å². The Morgan fingerprint density at radius 2 is 2.25 bits per heavy atom. The topological polar surface area (TPSA) is 67.6 Å². The van der Waals surface area contributed by atoms with Crippen LogP contribution in [0.15, 0.2) is 30.5 Å². The van der Waals surface area contributed by atoms with Gasteiger partial charge in [0.2, 0.25) is 0 Å². The van der Waals surface area contributed by atoms with Crippen molar-refractivity contribution < 1.29 is 0 Å². The second-order valence-corrected chi connectivity index (χ2v) is 3.69. The van der Waals surface area contributed by atoms with Crippen LogP contribution < -0.4 is 5.73 Å². The quantitative estimate of drug-likeness (QED) is 0.823. The minimum absolute atomic E-state index is 0.520. The van der Waals surface area contributed by atoms with E-state index in [4.69, 9.17) is 11.0 Å². The highest BCUT2D eigenvalue weighted by atomic mass is 15.3. The normalized spacial score (nSPS) is 10.0. The summed E-state index contributed by atoms with van der Waals surface area (Å²) in [5.74, 6) is 0.520. The number of aromatic nitrogens is 2. The molecule has 0 saturated carbocycles. The maximum absolute atomic E-state index is 8.76. The maximum Gasteiger partial charge on any atom is 0.145 e. The largest absolute Gasteiger partial charge is 0.382 e. The molecule has 1 heterocycles. The second kappa shape index (κ2) is 4.07. The molecular weight excluding hydrogens is 200 g/mol. The molecule has 1 aromatic heterocycles. The molecular formula is C12H12N4. The van der Waals surface area contributed by atoms with Crippen molar-refractivity contribution in [3.05, 3.63) is 47.2 Å². The first kappa shape index (κ1) is 10.2. The monoisotopic (exact) mass is 212 g/mol. The molecule has 2 N–H and O–H groups in total. The number of hydrogen-bond acceptors (Lipinski definition) is 3. The van der Waals surface area contributed by atoms with E-state index in [0.717, 1.165) is 11.1 Å². The fourth-order valence-corrected chi connectivity index (χ4v) is 1.58. The molecule has 0 radical (unpaired) electrons. The summed E-state index contributed by atoms with van der Waals surface area (Å²) >= 11 is 0. The Morgan fingerprint density at radius 1 is 1.44 bits per heavy atom. The average molecular weight is 212 g/mol. The predicted octanol–water partition coefficient (Wildman–Crippen LogP) is 1.69. The molecule has 0 atom stereocenters. The molecule has 80 valence electrons. The first-order valence-corrected chi connectivity index (χ1v) is 4.97. The van der Waals surface area contributed by atoms with E-state index in [2.05, 4.69) is 11.2 Å². The van der Waals surface area contributed by atoms with Gasteiger partial charge in [0.1, 0.15) is 5.82 Å². The summed E-state index contributed by atoms with van der Waals surface area (Å²) in [4.78, 5) is 0. The summed E-state index contributed by atoms with van der Waals surface area (Å²) in [5, 5.41) is 12.9. The van der Waals surface area contributed by atoms with E-state index in [1.807, 2.05) is 31.3 Å². The van der Waals surface area contributed by atoms with E-state index in [0.29, 0.717) is 17.9 Å². The average Bonchev–Trinajstić information content (AvgIpc) is 2.67. The highest BCUT2D eigenvalue weighted by Crippen LogP contribution is 2.12. The Kier molecular flexibility index (Phi) is 2.61. The van der Waals surface area contributed by atoms with Gasteiger partial charge in [-0.2, -0.15) is 10.4 Å². The lowest BCUT2D eigenvalue weighted by atomic mass is 10.1. The number of rotatable bonds is 2. The molecule has 4 heteroatoms. The lowest BCUT2D eigenvalue weighted by molar-refractivity contribution is 0.687.